The Labute approximate surface area is 270 Å². The third-order valence-electron chi connectivity index (χ3n) is 10.5. The second-order valence-electron chi connectivity index (χ2n) is 13.9. The molecule has 2 saturated carbocycles. The molecule has 0 spiro atoms. The van der Waals surface area contributed by atoms with Crippen LogP contribution in [-0.4, -0.2) is 71.7 Å². The molecule has 7 rings (SSSR count). The number of carbonyl (C=O) groups excluding carboxylic acids is 4. The van der Waals surface area contributed by atoms with Crippen LogP contribution in [-0.2, 0) is 9.59 Å². The molecular formula is C38H42N4O4. The Morgan fingerprint density at radius 2 is 0.913 bits per heavy atom. The second-order valence-corrected chi connectivity index (χ2v) is 13.9. The summed E-state index contributed by atoms with van der Waals surface area (Å²) in [6.45, 7) is 5.86. The highest BCUT2D eigenvalue weighted by Gasteiger charge is 2.45. The average Bonchev–Trinajstić information content (AvgIpc) is 3.95. The molecule has 0 bridgehead atoms. The highest BCUT2D eigenvalue weighted by Crippen LogP contribution is 2.42. The summed E-state index contributed by atoms with van der Waals surface area (Å²) in [4.78, 5) is 56.6. The number of nitrogens with one attached hydrogen (secondary N) is 2. The Kier molecular flexibility index (Phi) is 8.13. The zero-order valence-electron chi connectivity index (χ0n) is 26.5. The summed E-state index contributed by atoms with van der Waals surface area (Å²) < 4.78 is 0. The summed E-state index contributed by atoms with van der Waals surface area (Å²) in [5.41, 5.74) is 3.50. The van der Waals surface area contributed by atoms with Gasteiger partial charge in [-0.3, -0.25) is 19.2 Å². The van der Waals surface area contributed by atoms with Crippen molar-refractivity contribution in [3.05, 3.63) is 107 Å². The van der Waals surface area contributed by atoms with Gasteiger partial charge in [0.1, 0.15) is 0 Å². The Morgan fingerprint density at radius 3 is 1.28 bits per heavy atom. The molecule has 46 heavy (non-hydrogen) atoms. The maximum atomic E-state index is 13.4. The molecule has 4 fully saturated rings. The van der Waals surface area contributed by atoms with E-state index in [0.717, 1.165) is 12.8 Å². The van der Waals surface area contributed by atoms with Gasteiger partial charge in [0, 0.05) is 61.2 Å². The van der Waals surface area contributed by atoms with Crippen molar-refractivity contribution in [3.63, 3.8) is 0 Å². The van der Waals surface area contributed by atoms with Crippen molar-refractivity contribution in [2.24, 2.45) is 23.7 Å². The van der Waals surface area contributed by atoms with Crippen molar-refractivity contribution < 1.29 is 19.2 Å². The van der Waals surface area contributed by atoms with Crippen LogP contribution in [0.2, 0.25) is 0 Å². The highest BCUT2D eigenvalue weighted by atomic mass is 16.2. The van der Waals surface area contributed by atoms with E-state index in [2.05, 4.69) is 34.9 Å². The summed E-state index contributed by atoms with van der Waals surface area (Å²) in [5, 5.41) is 6.42. The Bertz CT molecular complexity index is 1490. The van der Waals surface area contributed by atoms with E-state index in [1.165, 1.54) is 11.1 Å². The molecule has 2 aliphatic heterocycles. The number of amides is 4. The van der Waals surface area contributed by atoms with E-state index in [9.17, 15) is 19.2 Å². The molecular weight excluding hydrogens is 576 g/mol. The molecule has 2 aliphatic carbocycles. The Morgan fingerprint density at radius 1 is 0.543 bits per heavy atom. The molecule has 238 valence electrons. The minimum absolute atomic E-state index is 0.0205. The predicted octanol–water partition coefficient (Wildman–Crippen LogP) is 4.45. The van der Waals surface area contributed by atoms with Crippen LogP contribution in [0.3, 0.4) is 0 Å². The van der Waals surface area contributed by atoms with Gasteiger partial charge < -0.3 is 20.4 Å². The van der Waals surface area contributed by atoms with Crippen LogP contribution in [0.4, 0.5) is 0 Å². The van der Waals surface area contributed by atoms with Crippen LogP contribution >= 0.6 is 0 Å². The first-order valence-corrected chi connectivity index (χ1v) is 16.7. The van der Waals surface area contributed by atoms with Crippen molar-refractivity contribution in [2.75, 3.05) is 26.2 Å². The Hall–Kier alpha value is -4.46. The largest absolute Gasteiger partial charge is 0.352 e. The SMILES string of the molecule is CC1CN(C(=O)c2ccc(C(=O)N3CC(C)[C@H](C(=O)N[C@H]4C[C@@H]4c4ccccc4)C3)cc2)CC1C(=O)N[C@H]1C[C@@H]1c1ccccc1. The van der Waals surface area contributed by atoms with Crippen LogP contribution in [0.1, 0.15) is 70.4 Å². The molecule has 2 saturated heterocycles. The zero-order valence-corrected chi connectivity index (χ0v) is 26.5. The van der Waals surface area contributed by atoms with Gasteiger partial charge in [0.25, 0.3) is 11.8 Å². The van der Waals surface area contributed by atoms with Crippen LogP contribution < -0.4 is 10.6 Å². The quantitative estimate of drug-likeness (QED) is 0.390. The van der Waals surface area contributed by atoms with Gasteiger partial charge in [0.15, 0.2) is 0 Å². The second kappa shape index (κ2) is 12.4. The van der Waals surface area contributed by atoms with Crippen molar-refractivity contribution in [2.45, 2.75) is 50.6 Å². The fraction of sp³-hybridized carbons (Fsp3) is 0.421. The van der Waals surface area contributed by atoms with Gasteiger partial charge in [0.05, 0.1) is 11.8 Å². The molecule has 3 unspecified atom stereocenters. The van der Waals surface area contributed by atoms with E-state index < -0.39 is 0 Å². The van der Waals surface area contributed by atoms with Gasteiger partial charge >= 0.3 is 0 Å². The van der Waals surface area contributed by atoms with Crippen LogP contribution in [0.25, 0.3) is 0 Å². The maximum absolute atomic E-state index is 13.4. The van der Waals surface area contributed by atoms with Crippen LogP contribution in [0, 0.1) is 23.7 Å². The van der Waals surface area contributed by atoms with E-state index >= 15 is 0 Å². The van der Waals surface area contributed by atoms with E-state index in [0.29, 0.717) is 49.1 Å². The van der Waals surface area contributed by atoms with Crippen LogP contribution in [0.5, 0.6) is 0 Å². The summed E-state index contributed by atoms with van der Waals surface area (Å²) in [7, 11) is 0. The van der Waals surface area contributed by atoms with Gasteiger partial charge in [0.2, 0.25) is 11.8 Å². The third-order valence-corrected chi connectivity index (χ3v) is 10.5. The molecule has 0 aromatic heterocycles. The van der Waals surface area contributed by atoms with Gasteiger partial charge in [-0.25, -0.2) is 0 Å². The summed E-state index contributed by atoms with van der Waals surface area (Å²) in [6.07, 6.45) is 1.90. The van der Waals surface area contributed by atoms with E-state index in [1.54, 1.807) is 34.1 Å². The smallest absolute Gasteiger partial charge is 0.253 e. The number of likely N-dealkylation sites (tertiary alicyclic amines) is 2. The minimum atomic E-state index is -0.242. The van der Waals surface area contributed by atoms with E-state index in [-0.39, 0.29) is 59.4 Å². The molecule has 8 atom stereocenters. The topological polar surface area (TPSA) is 98.8 Å². The number of hydrogen-bond acceptors (Lipinski definition) is 4. The molecule has 8 nitrogen and oxygen atoms in total. The van der Waals surface area contributed by atoms with Gasteiger partial charge in [-0.1, -0.05) is 74.5 Å². The van der Waals surface area contributed by atoms with E-state index in [1.807, 2.05) is 50.2 Å². The van der Waals surface area contributed by atoms with Crippen molar-refractivity contribution in [1.82, 2.24) is 20.4 Å². The fourth-order valence-corrected chi connectivity index (χ4v) is 7.49. The normalized spacial score (nSPS) is 29.7. The van der Waals surface area contributed by atoms with Gasteiger partial charge in [-0.15, -0.1) is 0 Å². The summed E-state index contributed by atoms with van der Waals surface area (Å²) >= 11 is 0. The number of carbonyl (C=O) groups is 4. The number of hydrogen-bond donors (Lipinski definition) is 2. The first-order chi connectivity index (χ1) is 22.3. The lowest BCUT2D eigenvalue weighted by Gasteiger charge is -2.18. The molecule has 8 heteroatoms. The molecule has 2 heterocycles. The molecule has 2 N–H and O–H groups in total. The summed E-state index contributed by atoms with van der Waals surface area (Å²) in [5.74, 6) is 0.146. The minimum Gasteiger partial charge on any atom is -0.352 e. The molecule has 4 amide bonds. The third kappa shape index (κ3) is 6.17. The number of rotatable bonds is 8. The number of benzene rings is 3. The molecule has 4 aliphatic rings. The maximum Gasteiger partial charge on any atom is 0.253 e. The fourth-order valence-electron chi connectivity index (χ4n) is 7.49. The summed E-state index contributed by atoms with van der Waals surface area (Å²) in [6, 6.07) is 27.6. The Balaban J connectivity index is 0.901. The lowest BCUT2D eigenvalue weighted by Crippen LogP contribution is -2.37. The van der Waals surface area contributed by atoms with Crippen LogP contribution in [0.15, 0.2) is 84.9 Å². The molecule has 3 aromatic carbocycles. The lowest BCUT2D eigenvalue weighted by molar-refractivity contribution is -0.126. The molecule has 0 radical (unpaired) electrons. The zero-order chi connectivity index (χ0) is 31.9. The van der Waals surface area contributed by atoms with Crippen molar-refractivity contribution in [3.8, 4) is 0 Å². The van der Waals surface area contributed by atoms with Gasteiger partial charge in [-0.2, -0.15) is 0 Å². The average molecular weight is 619 g/mol. The van der Waals surface area contributed by atoms with E-state index in [4.69, 9.17) is 0 Å². The number of nitrogens with zero attached hydrogens (tertiary/aromatic N) is 2. The van der Waals surface area contributed by atoms with Crippen molar-refractivity contribution >= 4 is 23.6 Å². The van der Waals surface area contributed by atoms with Crippen molar-refractivity contribution in [1.29, 1.82) is 0 Å². The molecule has 3 aromatic rings. The highest BCUT2D eigenvalue weighted by molar-refractivity contribution is 5.98. The first-order valence-electron chi connectivity index (χ1n) is 16.7. The predicted molar refractivity (Wildman–Crippen MR) is 175 cm³/mol. The lowest BCUT2D eigenvalue weighted by atomic mass is 9.97. The standard InChI is InChI=1S/C38H42N4O4/c1-23-19-41(21-31(23)35(43)39-33-17-29(33)25-9-5-3-6-10-25)37(45)27-13-15-28(16-14-27)38(46)42-20-24(2)32(22-42)36(44)40-34-18-30(34)26-11-7-4-8-12-26/h3-16,23-24,29-34H,17-22H2,1-2H3,(H,39,43)(H,40,44)/t23?,24?,29-,30-,31-,32?,33+,34+/m1/s1. The van der Waals surface area contributed by atoms with Gasteiger partial charge in [-0.05, 0) is 60.1 Å². The monoisotopic (exact) mass is 618 g/mol. The first kappa shape index (κ1) is 30.2.